The Morgan fingerprint density at radius 2 is 1.95 bits per heavy atom. The number of nitrogens with zero attached hydrogens (tertiary/aromatic N) is 1. The highest BCUT2D eigenvalue weighted by atomic mass is 35.5. The van der Waals surface area contributed by atoms with Gasteiger partial charge in [-0.25, -0.2) is 4.98 Å². The zero-order valence-corrected chi connectivity index (χ0v) is 13.4. The summed E-state index contributed by atoms with van der Waals surface area (Å²) in [5.74, 6) is 0.128. The smallest absolute Gasteiger partial charge is 0.328 e. The number of carbonyl (C=O) groups excluding carboxylic acids is 1. The van der Waals surface area contributed by atoms with Gasteiger partial charge in [0.2, 0.25) is 0 Å². The van der Waals surface area contributed by atoms with E-state index in [0.717, 1.165) is 16.9 Å². The number of hydrogen-bond acceptors (Lipinski definition) is 5. The molecule has 1 unspecified atom stereocenters. The molecular weight excluding hydrogens is 302 g/mol. The highest BCUT2D eigenvalue weighted by Gasteiger charge is 2.17. The first-order valence-electron chi connectivity index (χ1n) is 6.75. The van der Waals surface area contributed by atoms with E-state index in [2.05, 4.69) is 15.0 Å². The van der Waals surface area contributed by atoms with Crippen LogP contribution in [0.3, 0.4) is 0 Å². The topological polar surface area (TPSA) is 77.2 Å². The summed E-state index contributed by atoms with van der Waals surface area (Å²) in [7, 11) is 1.31. The number of nitrogens with two attached hydrogens (primary N) is 1. The van der Waals surface area contributed by atoms with Crippen LogP contribution in [0.1, 0.15) is 22.2 Å². The van der Waals surface area contributed by atoms with Crippen LogP contribution < -0.4 is 11.1 Å². The van der Waals surface area contributed by atoms with Gasteiger partial charge in [-0.15, -0.1) is 11.6 Å². The predicted octanol–water partition coefficient (Wildman–Crippen LogP) is 3.48. The quantitative estimate of drug-likeness (QED) is 0.666. The summed E-state index contributed by atoms with van der Waals surface area (Å²) in [5.41, 5.74) is 9.97. The third-order valence-corrected chi connectivity index (χ3v) is 3.70. The van der Waals surface area contributed by atoms with Gasteiger partial charge in [-0.2, -0.15) is 0 Å². The lowest BCUT2D eigenvalue weighted by Crippen LogP contribution is -2.08. The molecule has 5 nitrogen and oxygen atoms in total. The molecule has 2 aromatic rings. The molecular formula is C16H18ClN3O2. The van der Waals surface area contributed by atoms with Crippen LogP contribution in [0.4, 0.5) is 17.2 Å². The molecule has 0 aliphatic rings. The predicted molar refractivity (Wildman–Crippen MR) is 88.5 cm³/mol. The van der Waals surface area contributed by atoms with Gasteiger partial charge in [-0.3, -0.25) is 4.79 Å². The molecule has 1 aromatic heterocycles. The Morgan fingerprint density at radius 3 is 2.55 bits per heavy atom. The molecule has 2 rings (SSSR count). The second kappa shape index (κ2) is 6.66. The fraction of sp³-hybridized carbons (Fsp3) is 0.250. The maximum atomic E-state index is 11.4. The van der Waals surface area contributed by atoms with Gasteiger partial charge >= 0.3 is 5.97 Å². The van der Waals surface area contributed by atoms with E-state index in [0.29, 0.717) is 17.1 Å². The molecule has 0 aliphatic heterocycles. The third kappa shape index (κ3) is 3.49. The number of esters is 1. The molecule has 1 atom stereocenters. The lowest BCUT2D eigenvalue weighted by Gasteiger charge is -2.13. The molecule has 0 amide bonds. The number of methoxy groups -OCH3 is 1. The lowest BCUT2D eigenvalue weighted by atomic mass is 10.1. The normalized spacial score (nSPS) is 11.8. The Balaban J connectivity index is 2.20. The van der Waals surface area contributed by atoms with Crippen molar-refractivity contribution in [1.29, 1.82) is 0 Å². The Kier molecular flexibility index (Phi) is 4.88. The van der Waals surface area contributed by atoms with E-state index in [4.69, 9.17) is 17.3 Å². The molecule has 116 valence electrons. The molecule has 3 N–H and O–H groups in total. The minimum atomic E-state index is -0.816. The van der Waals surface area contributed by atoms with Crippen molar-refractivity contribution in [3.05, 3.63) is 47.2 Å². The third-order valence-electron chi connectivity index (χ3n) is 3.27. The number of anilines is 3. The van der Waals surface area contributed by atoms with Crippen molar-refractivity contribution in [2.24, 2.45) is 0 Å². The molecule has 0 bridgehead atoms. The van der Waals surface area contributed by atoms with E-state index in [1.807, 2.05) is 32.0 Å². The van der Waals surface area contributed by atoms with Gasteiger partial charge in [0.25, 0.3) is 0 Å². The van der Waals surface area contributed by atoms with Crippen molar-refractivity contribution in [3.63, 3.8) is 0 Å². The number of rotatable bonds is 4. The number of halogens is 1. The van der Waals surface area contributed by atoms with Crippen LogP contribution in [0.15, 0.2) is 30.3 Å². The molecule has 0 saturated carbocycles. The first-order chi connectivity index (χ1) is 10.4. The Morgan fingerprint density at radius 1 is 1.32 bits per heavy atom. The molecule has 0 saturated heterocycles. The molecule has 0 spiro atoms. The number of ether oxygens (including phenoxy) is 1. The second-order valence-electron chi connectivity index (χ2n) is 4.98. The van der Waals surface area contributed by atoms with Crippen molar-refractivity contribution in [2.75, 3.05) is 18.2 Å². The van der Waals surface area contributed by atoms with E-state index < -0.39 is 11.3 Å². The van der Waals surface area contributed by atoms with Crippen LogP contribution >= 0.6 is 11.6 Å². The molecule has 6 heteroatoms. The summed E-state index contributed by atoms with van der Waals surface area (Å²) in [6, 6.07) is 9.07. The largest absolute Gasteiger partial charge is 0.468 e. The number of nitrogen functional groups attached to an aromatic ring is 1. The maximum Gasteiger partial charge on any atom is 0.328 e. The molecule has 0 radical (unpaired) electrons. The highest BCUT2D eigenvalue weighted by Crippen LogP contribution is 2.27. The first-order valence-corrected chi connectivity index (χ1v) is 7.18. The summed E-state index contributed by atoms with van der Waals surface area (Å²) in [6.07, 6.45) is 0. The number of pyridine rings is 1. The van der Waals surface area contributed by atoms with Crippen molar-refractivity contribution < 1.29 is 9.53 Å². The van der Waals surface area contributed by atoms with Crippen LogP contribution in [0, 0.1) is 13.8 Å². The molecule has 22 heavy (non-hydrogen) atoms. The monoisotopic (exact) mass is 319 g/mol. The van der Waals surface area contributed by atoms with Crippen LogP contribution in [0.5, 0.6) is 0 Å². The summed E-state index contributed by atoms with van der Waals surface area (Å²) >= 11 is 6.01. The molecule has 0 aliphatic carbocycles. The number of hydrogen-bond donors (Lipinski definition) is 2. The molecule has 1 heterocycles. The van der Waals surface area contributed by atoms with Crippen LogP contribution in [-0.4, -0.2) is 18.1 Å². The zero-order valence-electron chi connectivity index (χ0n) is 12.7. The van der Waals surface area contributed by atoms with Crippen LogP contribution in [-0.2, 0) is 9.53 Å². The fourth-order valence-electron chi connectivity index (χ4n) is 2.05. The van der Waals surface area contributed by atoms with Gasteiger partial charge in [0.1, 0.15) is 0 Å². The van der Waals surface area contributed by atoms with Crippen molar-refractivity contribution >= 4 is 34.8 Å². The van der Waals surface area contributed by atoms with Gasteiger partial charge in [0, 0.05) is 11.4 Å². The van der Waals surface area contributed by atoms with Gasteiger partial charge in [-0.1, -0.05) is 12.1 Å². The minimum Gasteiger partial charge on any atom is -0.468 e. The van der Waals surface area contributed by atoms with Gasteiger partial charge in [0.15, 0.2) is 11.2 Å². The zero-order chi connectivity index (χ0) is 16.3. The lowest BCUT2D eigenvalue weighted by molar-refractivity contribution is -0.140. The Hall–Kier alpha value is -2.27. The fourth-order valence-corrected chi connectivity index (χ4v) is 2.29. The average Bonchev–Trinajstić information content (AvgIpc) is 2.51. The number of alkyl halides is 1. The van der Waals surface area contributed by atoms with E-state index in [1.165, 1.54) is 7.11 Å². The van der Waals surface area contributed by atoms with Crippen LogP contribution in [0.2, 0.25) is 0 Å². The summed E-state index contributed by atoms with van der Waals surface area (Å²) < 4.78 is 4.62. The highest BCUT2D eigenvalue weighted by molar-refractivity contribution is 6.29. The first kappa shape index (κ1) is 16.1. The van der Waals surface area contributed by atoms with E-state index >= 15 is 0 Å². The Bertz CT molecular complexity index is 687. The van der Waals surface area contributed by atoms with Gasteiger partial charge in [-0.05, 0) is 43.2 Å². The van der Waals surface area contributed by atoms with Crippen LogP contribution in [0.25, 0.3) is 0 Å². The standard InChI is InChI=1S/C16H18ClN3O2/c1-9-8-10(2)19-15(14(9)18)20-12-6-4-11(5-7-12)13(17)16(21)22-3/h4-8,13H,18H2,1-3H3,(H,19,20). The number of aryl methyl sites for hydroxylation is 2. The van der Waals surface area contributed by atoms with Crippen molar-refractivity contribution in [3.8, 4) is 0 Å². The summed E-state index contributed by atoms with van der Waals surface area (Å²) in [6.45, 7) is 3.85. The van der Waals surface area contributed by atoms with Gasteiger partial charge < -0.3 is 15.8 Å². The van der Waals surface area contributed by atoms with Crippen molar-refractivity contribution in [2.45, 2.75) is 19.2 Å². The maximum absolute atomic E-state index is 11.4. The van der Waals surface area contributed by atoms with Crippen molar-refractivity contribution in [1.82, 2.24) is 4.98 Å². The summed E-state index contributed by atoms with van der Waals surface area (Å²) in [4.78, 5) is 15.8. The van der Waals surface area contributed by atoms with Gasteiger partial charge in [0.05, 0.1) is 12.8 Å². The average molecular weight is 320 g/mol. The summed E-state index contributed by atoms with van der Waals surface area (Å²) in [5, 5.41) is 2.35. The number of carbonyl (C=O) groups is 1. The number of nitrogens with one attached hydrogen (secondary N) is 1. The second-order valence-corrected chi connectivity index (χ2v) is 5.41. The minimum absolute atomic E-state index is 0.484. The molecule has 0 fully saturated rings. The Labute approximate surface area is 134 Å². The number of benzene rings is 1. The SMILES string of the molecule is COC(=O)C(Cl)c1ccc(Nc2nc(C)cc(C)c2N)cc1. The van der Waals surface area contributed by atoms with E-state index in [9.17, 15) is 4.79 Å². The van der Waals surface area contributed by atoms with E-state index in [-0.39, 0.29) is 0 Å². The van der Waals surface area contributed by atoms with E-state index in [1.54, 1.807) is 12.1 Å². The molecule has 1 aromatic carbocycles. The number of aromatic nitrogens is 1.